The van der Waals surface area contributed by atoms with E-state index in [1.54, 1.807) is 27.3 Å². The Morgan fingerprint density at radius 3 is 2.40 bits per heavy atom. The lowest BCUT2D eigenvalue weighted by molar-refractivity contribution is -0.181. The highest BCUT2D eigenvalue weighted by atomic mass is 16.5. The van der Waals surface area contributed by atoms with Gasteiger partial charge in [-0.15, -0.1) is 0 Å². The third-order valence-corrected chi connectivity index (χ3v) is 10.4. The molecule has 1 aliphatic heterocycles. The molecule has 6 atom stereocenters. The number of rotatable bonds is 6. The molecule has 238 valence electrons. The van der Waals surface area contributed by atoms with Gasteiger partial charge in [0.25, 0.3) is 0 Å². The van der Waals surface area contributed by atoms with Crippen LogP contribution in [-0.4, -0.2) is 95.0 Å². The number of phenols is 1. The van der Waals surface area contributed by atoms with Crippen molar-refractivity contribution in [3.8, 4) is 22.6 Å². The number of hydrogen-bond donors (Lipinski definition) is 3. The second kappa shape index (κ2) is 11.5. The van der Waals surface area contributed by atoms with E-state index in [-0.39, 0.29) is 24.2 Å². The summed E-state index contributed by atoms with van der Waals surface area (Å²) in [5, 5.41) is 22.8. The first-order chi connectivity index (χ1) is 21.4. The van der Waals surface area contributed by atoms with Crippen LogP contribution < -0.4 is 10.5 Å². The summed E-state index contributed by atoms with van der Waals surface area (Å²) in [4.78, 5) is 71.2. The second-order valence-electron chi connectivity index (χ2n) is 13.1. The molecule has 1 amide bonds. The Morgan fingerprint density at radius 1 is 1.04 bits per heavy atom. The molecule has 45 heavy (non-hydrogen) atoms. The Hall–Kier alpha value is -3.93. The monoisotopic (exact) mass is 617 g/mol. The minimum atomic E-state index is -2.75. The molecule has 3 fully saturated rings. The number of primary amides is 1. The van der Waals surface area contributed by atoms with Crippen molar-refractivity contribution in [1.82, 2.24) is 9.80 Å². The number of ether oxygens (including phenoxy) is 1. The number of piperidine rings is 1. The average molecular weight is 618 g/mol. The molecule has 6 rings (SSSR count). The van der Waals surface area contributed by atoms with Crippen molar-refractivity contribution in [1.29, 1.82) is 0 Å². The number of carbonyl (C=O) groups is 5. The predicted octanol–water partition coefficient (Wildman–Crippen LogP) is 1.53. The van der Waals surface area contributed by atoms with Crippen molar-refractivity contribution in [2.45, 2.75) is 50.3 Å². The Kier molecular flexibility index (Phi) is 7.91. The summed E-state index contributed by atoms with van der Waals surface area (Å²) in [6.45, 7) is 2.80. The van der Waals surface area contributed by atoms with Crippen LogP contribution in [0.3, 0.4) is 0 Å². The highest BCUT2D eigenvalue weighted by Crippen LogP contribution is 2.52. The van der Waals surface area contributed by atoms with Gasteiger partial charge in [-0.2, -0.15) is 0 Å². The smallest absolute Gasteiger partial charge is 0.235 e. The van der Waals surface area contributed by atoms with Crippen molar-refractivity contribution in [3.63, 3.8) is 0 Å². The molecule has 2 saturated carbocycles. The molecule has 4 aliphatic rings. The van der Waals surface area contributed by atoms with Crippen molar-refractivity contribution >= 4 is 29.0 Å². The predicted molar refractivity (Wildman–Crippen MR) is 162 cm³/mol. The zero-order chi connectivity index (χ0) is 32.4. The largest absolute Gasteiger partial charge is 0.507 e. The lowest BCUT2D eigenvalue weighted by Crippen LogP contribution is -2.74. The van der Waals surface area contributed by atoms with Gasteiger partial charge in [-0.1, -0.05) is 18.6 Å². The number of ketones is 4. The van der Waals surface area contributed by atoms with Gasteiger partial charge in [-0.3, -0.25) is 33.8 Å². The van der Waals surface area contributed by atoms with E-state index in [0.717, 1.165) is 43.6 Å². The van der Waals surface area contributed by atoms with Crippen molar-refractivity contribution in [2.24, 2.45) is 29.4 Å². The summed E-state index contributed by atoms with van der Waals surface area (Å²) < 4.78 is 5.73. The van der Waals surface area contributed by atoms with E-state index in [1.165, 1.54) is 17.4 Å². The second-order valence-corrected chi connectivity index (χ2v) is 13.1. The van der Waals surface area contributed by atoms with E-state index < -0.39 is 64.4 Å². The van der Waals surface area contributed by atoms with Gasteiger partial charge in [0.15, 0.2) is 34.7 Å². The number of amides is 1. The number of nitrogens with two attached hydrogens (primary N) is 1. The van der Waals surface area contributed by atoms with Gasteiger partial charge in [0.2, 0.25) is 5.91 Å². The summed E-state index contributed by atoms with van der Waals surface area (Å²) >= 11 is 0. The third-order valence-electron chi connectivity index (χ3n) is 10.4. The lowest BCUT2D eigenvalue weighted by Gasteiger charge is -2.52. The number of fused-ring (bicyclic) bond motifs is 3. The summed E-state index contributed by atoms with van der Waals surface area (Å²) in [7, 11) is 4.69. The van der Waals surface area contributed by atoms with Gasteiger partial charge in [0.1, 0.15) is 11.5 Å². The summed E-state index contributed by atoms with van der Waals surface area (Å²) in [6.07, 6.45) is 3.70. The third kappa shape index (κ3) is 4.79. The van der Waals surface area contributed by atoms with Crippen LogP contribution in [0.25, 0.3) is 11.1 Å². The average Bonchev–Trinajstić information content (AvgIpc) is 2.99. The molecule has 0 radical (unpaired) electrons. The molecule has 1 saturated heterocycles. The van der Waals surface area contributed by atoms with E-state index in [9.17, 15) is 34.2 Å². The van der Waals surface area contributed by atoms with Gasteiger partial charge in [0.05, 0.1) is 24.6 Å². The van der Waals surface area contributed by atoms with Crippen LogP contribution in [0.15, 0.2) is 30.3 Å². The molecule has 2 unspecified atom stereocenters. The Labute approximate surface area is 261 Å². The highest BCUT2D eigenvalue weighted by Gasteiger charge is 2.69. The van der Waals surface area contributed by atoms with Crippen LogP contribution in [-0.2, 0) is 32.1 Å². The van der Waals surface area contributed by atoms with E-state index in [2.05, 4.69) is 4.90 Å². The maximum Gasteiger partial charge on any atom is 0.235 e. The topological polar surface area (TPSA) is 168 Å². The SMILES string of the molecule is COc1ccc(CN2CCCCC2)cc1-c1ccc(O)c2c1C[C@@H]1C[C@@H]3[C@@H](N(C)C)C(=O)C(C(N)=O)C(=O)[C@]3(O)C(=O)C1C2=O. The molecule has 11 nitrogen and oxygen atoms in total. The van der Waals surface area contributed by atoms with Crippen LogP contribution in [0, 0.1) is 23.7 Å². The Balaban J connectivity index is 1.44. The van der Waals surface area contributed by atoms with E-state index >= 15 is 0 Å². The first-order valence-electron chi connectivity index (χ1n) is 15.5. The molecular formula is C34H39N3O8. The minimum Gasteiger partial charge on any atom is -0.507 e. The molecule has 1 heterocycles. The van der Waals surface area contributed by atoms with Gasteiger partial charge in [-0.25, -0.2) is 0 Å². The number of likely N-dealkylation sites (tertiary alicyclic amines) is 1. The number of nitrogens with zero attached hydrogens (tertiary/aromatic N) is 2. The fourth-order valence-electron chi connectivity index (χ4n) is 8.30. The fourth-order valence-corrected chi connectivity index (χ4v) is 8.30. The zero-order valence-corrected chi connectivity index (χ0v) is 25.7. The fraction of sp³-hybridized carbons (Fsp3) is 0.500. The Bertz CT molecular complexity index is 1610. The standard InChI is InChI=1S/C34H39N3O8/c1-36(2)28-22-15-18-14-21-19(20-13-17(7-10-24(20)45-3)16-37-11-5-4-6-12-37)8-9-23(38)26(21)29(39)25(18)31(41)34(22,44)32(42)27(30(28)40)33(35)43/h7-10,13,18,22,25,27-28,38,44H,4-6,11-12,14-16H2,1-3H3,(H2,35,43)/t18-,22-,25?,27?,28-,34-/m1/s1. The van der Waals surface area contributed by atoms with E-state index in [4.69, 9.17) is 10.5 Å². The number of methoxy groups -OCH3 is 1. The van der Waals surface area contributed by atoms with Crippen molar-refractivity contribution < 1.29 is 38.9 Å². The number of likely N-dealkylation sites (N-methyl/N-ethyl adjacent to an activating group) is 1. The first-order valence-corrected chi connectivity index (χ1v) is 15.5. The molecule has 0 aromatic heterocycles. The van der Waals surface area contributed by atoms with Crippen LogP contribution >= 0.6 is 0 Å². The maximum atomic E-state index is 14.2. The van der Waals surface area contributed by atoms with Crippen LogP contribution in [0.2, 0.25) is 0 Å². The number of Topliss-reactive ketones (excluding diaryl/α,β-unsaturated/α-hetero) is 4. The number of phenolic OH excluding ortho intramolecular Hbond substituents is 1. The molecule has 2 aromatic carbocycles. The number of aliphatic hydroxyl groups is 1. The molecular weight excluding hydrogens is 578 g/mol. The number of hydrogen-bond acceptors (Lipinski definition) is 10. The quantitative estimate of drug-likeness (QED) is 0.405. The van der Waals surface area contributed by atoms with E-state index in [1.807, 2.05) is 18.2 Å². The normalized spacial score (nSPS) is 30.1. The Morgan fingerprint density at radius 2 is 1.76 bits per heavy atom. The molecule has 4 N–H and O–H groups in total. The molecule has 11 heteroatoms. The van der Waals surface area contributed by atoms with Gasteiger partial charge in [-0.05, 0) is 93.7 Å². The summed E-state index contributed by atoms with van der Waals surface area (Å²) in [5.41, 5.74) is 5.64. The molecule has 3 aliphatic carbocycles. The van der Waals surface area contributed by atoms with E-state index in [0.29, 0.717) is 16.9 Å². The number of carbonyl (C=O) groups excluding carboxylic acids is 5. The molecule has 0 bridgehead atoms. The summed E-state index contributed by atoms with van der Waals surface area (Å²) in [6, 6.07) is 7.93. The first kappa shape index (κ1) is 31.1. The van der Waals surface area contributed by atoms with Gasteiger partial charge >= 0.3 is 0 Å². The summed E-state index contributed by atoms with van der Waals surface area (Å²) in [5.74, 6) is -10.1. The zero-order valence-electron chi connectivity index (χ0n) is 25.7. The van der Waals surface area contributed by atoms with Gasteiger partial charge < -0.3 is 20.7 Å². The number of aromatic hydroxyl groups is 1. The van der Waals surface area contributed by atoms with Crippen molar-refractivity contribution in [3.05, 3.63) is 47.0 Å². The number of benzene rings is 2. The molecule has 0 spiro atoms. The molecule has 2 aromatic rings. The van der Waals surface area contributed by atoms with Gasteiger partial charge in [0, 0.05) is 18.0 Å². The van der Waals surface area contributed by atoms with Crippen LogP contribution in [0.1, 0.15) is 47.2 Å². The van der Waals surface area contributed by atoms with Crippen molar-refractivity contribution in [2.75, 3.05) is 34.3 Å². The highest BCUT2D eigenvalue weighted by molar-refractivity contribution is 6.32. The minimum absolute atomic E-state index is 0.00880. The lowest BCUT2D eigenvalue weighted by atomic mass is 9.52. The van der Waals surface area contributed by atoms with Crippen LogP contribution in [0.4, 0.5) is 0 Å². The maximum absolute atomic E-state index is 14.2. The van der Waals surface area contributed by atoms with Crippen LogP contribution in [0.5, 0.6) is 11.5 Å².